The fraction of sp³-hybridized carbons (Fsp3) is 0.381. The van der Waals surface area contributed by atoms with Crippen molar-refractivity contribution < 1.29 is 19.2 Å². The largest absolute Gasteiger partial charge is 0.480 e. The van der Waals surface area contributed by atoms with E-state index in [1.807, 2.05) is 25.1 Å². The fourth-order valence-electron chi connectivity index (χ4n) is 3.09. The summed E-state index contributed by atoms with van der Waals surface area (Å²) in [6.45, 7) is 1.82. The first-order chi connectivity index (χ1) is 14.0. The molecule has 9 heteroatoms. The standard InChI is InChI=1S/C21H26Cl2N2O4S/c1-2-21(28,10-12-30(25,29)11-9-19(24)20(26)27)15-5-3-14(4-6-15)17-8-7-16(22)13-18(17)23/h3-8,13,19,25,28H,2,9-12,24H2,1H3,(H,26,27)/t19-,21?,30?/m0/s1. The first-order valence-corrected chi connectivity index (χ1v) is 12.1. The second-order valence-electron chi connectivity index (χ2n) is 7.29. The third-order valence-corrected chi connectivity index (χ3v) is 7.48. The van der Waals surface area contributed by atoms with Crippen molar-refractivity contribution in [1.82, 2.24) is 0 Å². The van der Waals surface area contributed by atoms with Crippen LogP contribution in [0.1, 0.15) is 31.7 Å². The van der Waals surface area contributed by atoms with Crippen molar-refractivity contribution >= 4 is 38.9 Å². The second kappa shape index (κ2) is 10.1. The summed E-state index contributed by atoms with van der Waals surface area (Å²) in [5, 5.41) is 21.0. The summed E-state index contributed by atoms with van der Waals surface area (Å²) in [7, 11) is -3.06. The number of hydrogen-bond donors (Lipinski definition) is 4. The number of rotatable bonds is 10. The van der Waals surface area contributed by atoms with Gasteiger partial charge in [0.2, 0.25) is 0 Å². The molecule has 2 aromatic rings. The molecule has 0 aromatic heterocycles. The topological polar surface area (TPSA) is 124 Å². The van der Waals surface area contributed by atoms with Gasteiger partial charge in [-0.15, -0.1) is 0 Å². The van der Waals surface area contributed by atoms with Crippen LogP contribution in [0.4, 0.5) is 0 Å². The van der Waals surface area contributed by atoms with Crippen molar-refractivity contribution in [3.05, 3.63) is 58.1 Å². The molecule has 0 saturated heterocycles. The average Bonchev–Trinajstić information content (AvgIpc) is 2.70. The van der Waals surface area contributed by atoms with Crippen molar-refractivity contribution in [3.8, 4) is 11.1 Å². The molecule has 0 fully saturated rings. The molecule has 0 aliphatic heterocycles. The van der Waals surface area contributed by atoms with E-state index in [4.69, 9.17) is 38.8 Å². The van der Waals surface area contributed by atoms with E-state index < -0.39 is 27.3 Å². The van der Waals surface area contributed by atoms with Crippen LogP contribution >= 0.6 is 23.2 Å². The number of carboxylic acids is 1. The Morgan fingerprint density at radius 2 is 1.83 bits per heavy atom. The highest BCUT2D eigenvalue weighted by Gasteiger charge is 2.29. The zero-order chi connectivity index (χ0) is 22.5. The molecule has 0 saturated carbocycles. The molecule has 2 rings (SSSR count). The van der Waals surface area contributed by atoms with Crippen LogP contribution in [0.2, 0.25) is 10.0 Å². The minimum atomic E-state index is -3.06. The molecule has 0 amide bonds. The number of benzene rings is 2. The molecule has 164 valence electrons. The molecule has 6 nitrogen and oxygen atoms in total. The normalized spacial score (nSPS) is 16.4. The number of halogens is 2. The Morgan fingerprint density at radius 3 is 2.37 bits per heavy atom. The SMILES string of the molecule is CCC(O)(CCS(=N)(=O)CC[C@H](N)C(=O)O)c1ccc(-c2ccc(Cl)cc2Cl)cc1. The zero-order valence-electron chi connectivity index (χ0n) is 16.6. The Morgan fingerprint density at radius 1 is 1.20 bits per heavy atom. The zero-order valence-corrected chi connectivity index (χ0v) is 18.9. The van der Waals surface area contributed by atoms with Crippen LogP contribution in [-0.4, -0.2) is 37.9 Å². The van der Waals surface area contributed by atoms with Crippen molar-refractivity contribution in [2.75, 3.05) is 11.5 Å². The third-order valence-electron chi connectivity index (χ3n) is 5.17. The Kier molecular flexibility index (Phi) is 8.30. The average molecular weight is 473 g/mol. The summed E-state index contributed by atoms with van der Waals surface area (Å²) in [6, 6.07) is 11.3. The van der Waals surface area contributed by atoms with E-state index in [9.17, 15) is 14.1 Å². The van der Waals surface area contributed by atoms with Crippen LogP contribution < -0.4 is 5.73 Å². The van der Waals surface area contributed by atoms with E-state index in [1.54, 1.807) is 24.3 Å². The van der Waals surface area contributed by atoms with E-state index in [0.717, 1.165) is 11.1 Å². The Hall–Kier alpha value is -1.64. The number of nitrogens with two attached hydrogens (primary N) is 1. The molecular weight excluding hydrogens is 447 g/mol. The molecule has 0 aliphatic rings. The van der Waals surface area contributed by atoms with Crippen LogP contribution in [0.5, 0.6) is 0 Å². The fourth-order valence-corrected chi connectivity index (χ4v) is 5.11. The lowest BCUT2D eigenvalue weighted by atomic mass is 9.87. The van der Waals surface area contributed by atoms with Crippen molar-refractivity contribution in [3.63, 3.8) is 0 Å². The summed E-state index contributed by atoms with van der Waals surface area (Å²) in [4.78, 5) is 10.8. The molecule has 0 heterocycles. The lowest BCUT2D eigenvalue weighted by molar-refractivity contribution is -0.138. The van der Waals surface area contributed by atoms with Gasteiger partial charge < -0.3 is 15.9 Å². The van der Waals surface area contributed by atoms with Gasteiger partial charge in [0.1, 0.15) is 6.04 Å². The summed E-state index contributed by atoms with van der Waals surface area (Å²) < 4.78 is 20.5. The maximum Gasteiger partial charge on any atom is 0.320 e. The van der Waals surface area contributed by atoms with Gasteiger partial charge in [0.15, 0.2) is 0 Å². The number of hydrogen-bond acceptors (Lipinski definition) is 5. The van der Waals surface area contributed by atoms with E-state index >= 15 is 0 Å². The number of carboxylic acid groups (broad SMARTS) is 1. The Labute approximate surface area is 187 Å². The van der Waals surface area contributed by atoms with Gasteiger partial charge in [-0.2, -0.15) is 0 Å². The summed E-state index contributed by atoms with van der Waals surface area (Å²) in [6.07, 6.45) is 0.451. The van der Waals surface area contributed by atoms with E-state index in [1.165, 1.54) is 0 Å². The highest BCUT2D eigenvalue weighted by Crippen LogP contribution is 2.34. The van der Waals surface area contributed by atoms with E-state index in [-0.39, 0.29) is 24.3 Å². The minimum Gasteiger partial charge on any atom is -0.480 e. The van der Waals surface area contributed by atoms with Gasteiger partial charge in [0.25, 0.3) is 0 Å². The van der Waals surface area contributed by atoms with Crippen LogP contribution in [-0.2, 0) is 20.1 Å². The summed E-state index contributed by atoms with van der Waals surface area (Å²) in [5.74, 6) is -1.35. The van der Waals surface area contributed by atoms with Gasteiger partial charge in [0, 0.05) is 36.8 Å². The van der Waals surface area contributed by atoms with Crippen molar-refractivity contribution in [2.45, 2.75) is 37.8 Å². The number of nitrogens with one attached hydrogen (secondary N) is 1. The highest BCUT2D eigenvalue weighted by molar-refractivity contribution is 7.92. The van der Waals surface area contributed by atoms with Gasteiger partial charge >= 0.3 is 5.97 Å². The number of carbonyl (C=O) groups is 1. The molecular formula is C21H26Cl2N2O4S. The molecule has 3 atom stereocenters. The van der Waals surface area contributed by atoms with Crippen LogP contribution in [0.3, 0.4) is 0 Å². The first-order valence-electron chi connectivity index (χ1n) is 9.48. The predicted molar refractivity (Wildman–Crippen MR) is 122 cm³/mol. The molecule has 0 bridgehead atoms. The highest BCUT2D eigenvalue weighted by atomic mass is 35.5. The predicted octanol–water partition coefficient (Wildman–Crippen LogP) is 4.50. The van der Waals surface area contributed by atoms with Crippen LogP contribution in [0.15, 0.2) is 42.5 Å². The first kappa shape index (κ1) is 24.6. The van der Waals surface area contributed by atoms with Gasteiger partial charge in [-0.1, -0.05) is 60.5 Å². The lowest BCUT2D eigenvalue weighted by Gasteiger charge is -2.28. The third kappa shape index (κ3) is 6.43. The Balaban J connectivity index is 2.12. The van der Waals surface area contributed by atoms with Gasteiger partial charge in [0.05, 0.1) is 5.60 Å². The molecule has 30 heavy (non-hydrogen) atoms. The summed E-state index contributed by atoms with van der Waals surface area (Å²) in [5.41, 5.74) is 6.51. The van der Waals surface area contributed by atoms with E-state index in [0.29, 0.717) is 22.0 Å². The van der Waals surface area contributed by atoms with Gasteiger partial charge in [-0.3, -0.25) is 9.57 Å². The maximum absolute atomic E-state index is 12.5. The maximum atomic E-state index is 12.5. The molecule has 2 aromatic carbocycles. The molecule has 0 spiro atoms. The van der Waals surface area contributed by atoms with Crippen molar-refractivity contribution in [1.29, 1.82) is 4.78 Å². The smallest absolute Gasteiger partial charge is 0.320 e. The molecule has 5 N–H and O–H groups in total. The number of aliphatic carboxylic acids is 1. The van der Waals surface area contributed by atoms with E-state index in [2.05, 4.69) is 0 Å². The Bertz CT molecular complexity index is 997. The monoisotopic (exact) mass is 472 g/mol. The molecule has 2 unspecified atom stereocenters. The second-order valence-corrected chi connectivity index (χ2v) is 10.6. The molecule has 0 aliphatic carbocycles. The lowest BCUT2D eigenvalue weighted by Crippen LogP contribution is -2.33. The molecule has 0 radical (unpaired) electrons. The van der Waals surface area contributed by atoms with Crippen molar-refractivity contribution in [2.24, 2.45) is 5.73 Å². The van der Waals surface area contributed by atoms with Crippen LogP contribution in [0.25, 0.3) is 11.1 Å². The minimum absolute atomic E-state index is 0.0429. The van der Waals surface area contributed by atoms with Crippen LogP contribution in [0, 0.1) is 4.78 Å². The number of aliphatic hydroxyl groups is 1. The summed E-state index contributed by atoms with van der Waals surface area (Å²) >= 11 is 12.2. The van der Waals surface area contributed by atoms with Gasteiger partial charge in [-0.05, 0) is 42.5 Å². The van der Waals surface area contributed by atoms with Gasteiger partial charge in [-0.25, -0.2) is 4.21 Å². The quantitative estimate of drug-likeness (QED) is 0.405.